The Morgan fingerprint density at radius 2 is 1.72 bits per heavy atom. The largest absolute Gasteiger partial charge is 0.327 e. The van der Waals surface area contributed by atoms with E-state index in [4.69, 9.17) is 5.26 Å². The molecular weight excluding hydrogens is 394 g/mol. The number of imidazole rings is 1. The summed E-state index contributed by atoms with van der Waals surface area (Å²) < 4.78 is 2.25. The molecule has 0 atom stereocenters. The number of aromatic nitrogens is 2. The Morgan fingerprint density at radius 3 is 2.38 bits per heavy atom. The number of nitrogens with zero attached hydrogens (tertiary/aromatic N) is 5. The van der Waals surface area contributed by atoms with Gasteiger partial charge in [-0.2, -0.15) is 10.5 Å². The molecule has 4 rings (SSSR count). The van der Waals surface area contributed by atoms with Gasteiger partial charge >= 0.3 is 0 Å². The highest BCUT2D eigenvalue weighted by Crippen LogP contribution is 2.35. The molecule has 1 saturated heterocycles. The maximum absolute atomic E-state index is 9.99. The Bertz CT molecular complexity index is 1150. The molecule has 1 aliphatic rings. The lowest BCUT2D eigenvalue weighted by Crippen LogP contribution is -2.40. The van der Waals surface area contributed by atoms with Gasteiger partial charge in [-0.05, 0) is 56.4 Å². The van der Waals surface area contributed by atoms with E-state index in [0.29, 0.717) is 5.56 Å². The highest BCUT2D eigenvalue weighted by molar-refractivity contribution is 5.32. The summed E-state index contributed by atoms with van der Waals surface area (Å²) in [4.78, 5) is 6.99. The van der Waals surface area contributed by atoms with Gasteiger partial charge in [0.05, 0.1) is 28.8 Å². The Kier molecular flexibility index (Phi) is 6.40. The van der Waals surface area contributed by atoms with Gasteiger partial charge in [-0.1, -0.05) is 42.0 Å². The van der Waals surface area contributed by atoms with Crippen LogP contribution in [-0.4, -0.2) is 27.5 Å². The van der Waals surface area contributed by atoms with E-state index in [-0.39, 0.29) is 5.41 Å². The van der Waals surface area contributed by atoms with E-state index in [1.807, 2.05) is 37.4 Å². The van der Waals surface area contributed by atoms with E-state index in [9.17, 15) is 5.26 Å². The molecule has 1 fully saturated rings. The summed E-state index contributed by atoms with van der Waals surface area (Å²) in [7, 11) is 0. The highest BCUT2D eigenvalue weighted by Gasteiger charge is 2.35. The van der Waals surface area contributed by atoms with Crippen LogP contribution < -0.4 is 0 Å². The highest BCUT2D eigenvalue weighted by atomic mass is 15.2. The Labute approximate surface area is 190 Å². The van der Waals surface area contributed by atoms with Crippen molar-refractivity contribution in [1.82, 2.24) is 14.5 Å². The van der Waals surface area contributed by atoms with E-state index < -0.39 is 0 Å². The zero-order chi connectivity index (χ0) is 22.6. The van der Waals surface area contributed by atoms with Gasteiger partial charge < -0.3 is 4.57 Å². The standard InChI is InChI=1S/C27H29N5/c1-21-4-3-5-25(14-21)15-27(20-29)10-12-31(13-11-27)19-26-17-30-22(2)32(26)18-24-8-6-23(16-28)7-9-24/h3-9,14,17H,10-13,15,18-19H2,1-2H3. The summed E-state index contributed by atoms with van der Waals surface area (Å²) in [5.74, 6) is 0.993. The third-order valence-corrected chi connectivity index (χ3v) is 6.62. The molecule has 2 aromatic carbocycles. The van der Waals surface area contributed by atoms with Crippen molar-refractivity contribution in [2.24, 2.45) is 5.41 Å². The van der Waals surface area contributed by atoms with E-state index in [1.165, 1.54) is 16.8 Å². The van der Waals surface area contributed by atoms with Crippen molar-refractivity contribution in [1.29, 1.82) is 10.5 Å². The molecule has 0 aliphatic carbocycles. The summed E-state index contributed by atoms with van der Waals surface area (Å²) >= 11 is 0. The molecule has 0 spiro atoms. The molecule has 5 heteroatoms. The zero-order valence-electron chi connectivity index (χ0n) is 18.9. The minimum atomic E-state index is -0.275. The topological polar surface area (TPSA) is 68.6 Å². The van der Waals surface area contributed by atoms with Crippen molar-refractivity contribution in [3.05, 3.63) is 88.5 Å². The Morgan fingerprint density at radius 1 is 0.969 bits per heavy atom. The minimum Gasteiger partial charge on any atom is -0.327 e. The van der Waals surface area contributed by atoms with Crippen molar-refractivity contribution in [2.75, 3.05) is 13.1 Å². The Hall–Kier alpha value is -3.41. The number of aryl methyl sites for hydroxylation is 2. The van der Waals surface area contributed by atoms with Crippen LogP contribution in [0.5, 0.6) is 0 Å². The number of hydrogen-bond donors (Lipinski definition) is 0. The second kappa shape index (κ2) is 9.39. The van der Waals surface area contributed by atoms with Crippen LogP contribution in [0.3, 0.4) is 0 Å². The molecule has 32 heavy (non-hydrogen) atoms. The predicted molar refractivity (Wildman–Crippen MR) is 125 cm³/mol. The summed E-state index contributed by atoms with van der Waals surface area (Å²) in [5, 5.41) is 19.0. The lowest BCUT2D eigenvalue weighted by molar-refractivity contribution is 0.136. The normalized spacial score (nSPS) is 15.8. The minimum absolute atomic E-state index is 0.275. The average molecular weight is 424 g/mol. The fourth-order valence-corrected chi connectivity index (χ4v) is 4.63. The lowest BCUT2D eigenvalue weighted by atomic mass is 9.75. The van der Waals surface area contributed by atoms with Crippen LogP contribution in [0.15, 0.2) is 54.7 Å². The molecule has 162 valence electrons. The van der Waals surface area contributed by atoms with E-state index in [2.05, 4.69) is 57.8 Å². The van der Waals surface area contributed by atoms with Crippen molar-refractivity contribution in [2.45, 2.75) is 46.2 Å². The molecule has 3 aromatic rings. The molecule has 0 N–H and O–H groups in total. The number of likely N-dealkylation sites (tertiary alicyclic amines) is 1. The van der Waals surface area contributed by atoms with Crippen LogP contribution in [0.1, 0.15) is 46.6 Å². The molecule has 0 saturated carbocycles. The van der Waals surface area contributed by atoms with Gasteiger partial charge in [0.15, 0.2) is 0 Å². The van der Waals surface area contributed by atoms with Crippen LogP contribution in [0, 0.1) is 41.9 Å². The molecule has 0 unspecified atom stereocenters. The first-order chi connectivity index (χ1) is 15.5. The number of nitriles is 2. The summed E-state index contributed by atoms with van der Waals surface area (Å²) in [6.45, 7) is 7.56. The van der Waals surface area contributed by atoms with E-state index >= 15 is 0 Å². The summed E-state index contributed by atoms with van der Waals surface area (Å²) in [5.41, 5.74) is 5.26. The average Bonchev–Trinajstić information content (AvgIpc) is 3.14. The van der Waals surface area contributed by atoms with Crippen molar-refractivity contribution < 1.29 is 0 Å². The zero-order valence-corrected chi connectivity index (χ0v) is 18.9. The quantitative estimate of drug-likeness (QED) is 0.573. The first-order valence-corrected chi connectivity index (χ1v) is 11.2. The van der Waals surface area contributed by atoms with Gasteiger partial charge in [-0.25, -0.2) is 4.98 Å². The SMILES string of the molecule is Cc1cccc(CC2(C#N)CCN(Cc3cnc(C)n3Cc3ccc(C#N)cc3)CC2)c1. The molecule has 0 amide bonds. The molecule has 0 radical (unpaired) electrons. The summed E-state index contributed by atoms with van der Waals surface area (Å²) in [6, 6.07) is 21.1. The fraction of sp³-hybridized carbons (Fsp3) is 0.370. The van der Waals surface area contributed by atoms with Gasteiger partial charge in [-0.15, -0.1) is 0 Å². The van der Waals surface area contributed by atoms with Gasteiger partial charge in [0, 0.05) is 32.4 Å². The first kappa shape index (κ1) is 21.8. The van der Waals surface area contributed by atoms with Crippen LogP contribution in [-0.2, 0) is 19.5 Å². The number of piperidine rings is 1. The molecule has 2 heterocycles. The van der Waals surface area contributed by atoms with Crippen molar-refractivity contribution in [3.8, 4) is 12.1 Å². The van der Waals surface area contributed by atoms with E-state index in [1.54, 1.807) is 0 Å². The fourth-order valence-electron chi connectivity index (χ4n) is 4.63. The number of rotatable bonds is 6. The van der Waals surface area contributed by atoms with Gasteiger partial charge in [0.25, 0.3) is 0 Å². The van der Waals surface area contributed by atoms with Gasteiger partial charge in [0.2, 0.25) is 0 Å². The third-order valence-electron chi connectivity index (χ3n) is 6.62. The van der Waals surface area contributed by atoms with Crippen LogP contribution in [0.25, 0.3) is 0 Å². The molecule has 5 nitrogen and oxygen atoms in total. The van der Waals surface area contributed by atoms with E-state index in [0.717, 1.165) is 56.8 Å². The first-order valence-electron chi connectivity index (χ1n) is 11.2. The second-order valence-electron chi connectivity index (χ2n) is 9.03. The Balaban J connectivity index is 1.41. The number of hydrogen-bond acceptors (Lipinski definition) is 4. The van der Waals surface area contributed by atoms with Crippen LogP contribution in [0.2, 0.25) is 0 Å². The molecular formula is C27H29N5. The van der Waals surface area contributed by atoms with Crippen LogP contribution >= 0.6 is 0 Å². The predicted octanol–water partition coefficient (Wildman–Crippen LogP) is 4.77. The number of benzene rings is 2. The third kappa shape index (κ3) is 4.90. The maximum Gasteiger partial charge on any atom is 0.106 e. The van der Waals surface area contributed by atoms with Gasteiger partial charge in [0.1, 0.15) is 5.82 Å². The molecule has 1 aromatic heterocycles. The molecule has 1 aliphatic heterocycles. The van der Waals surface area contributed by atoms with Crippen molar-refractivity contribution >= 4 is 0 Å². The van der Waals surface area contributed by atoms with Crippen LogP contribution in [0.4, 0.5) is 0 Å². The lowest BCUT2D eigenvalue weighted by Gasteiger charge is -2.37. The second-order valence-corrected chi connectivity index (χ2v) is 9.03. The molecule has 0 bridgehead atoms. The monoisotopic (exact) mass is 423 g/mol. The maximum atomic E-state index is 9.99. The smallest absolute Gasteiger partial charge is 0.106 e. The summed E-state index contributed by atoms with van der Waals surface area (Å²) in [6.07, 6.45) is 4.58. The van der Waals surface area contributed by atoms with Gasteiger partial charge in [-0.3, -0.25) is 4.90 Å². The van der Waals surface area contributed by atoms with Crippen molar-refractivity contribution in [3.63, 3.8) is 0 Å².